The first-order valence-electron chi connectivity index (χ1n) is 8.56. The van der Waals surface area contributed by atoms with Gasteiger partial charge in [0.15, 0.2) is 0 Å². The van der Waals surface area contributed by atoms with Crippen LogP contribution < -0.4 is 16.4 Å². The molecule has 2 aromatic heterocycles. The number of benzene rings is 1. The summed E-state index contributed by atoms with van der Waals surface area (Å²) in [5.74, 6) is -1.35. The molecular weight excluding hydrogens is 395 g/mol. The number of hydrazine groups is 2. The predicted molar refractivity (Wildman–Crippen MR) is 92.9 cm³/mol. The Morgan fingerprint density at radius 3 is 2.48 bits per heavy atom. The molecule has 0 spiro atoms. The third-order valence-corrected chi connectivity index (χ3v) is 4.58. The number of halogens is 5. The fourth-order valence-electron chi connectivity index (χ4n) is 3.14. The molecule has 3 heterocycles. The number of nitrogens with zero attached hydrogens (tertiary/aromatic N) is 3. The number of nitrogens with one attached hydrogen (secondary N) is 3. The Bertz CT molecular complexity index is 998. The molecule has 1 aliphatic rings. The third-order valence-electron chi connectivity index (χ3n) is 4.58. The Labute approximate surface area is 161 Å². The van der Waals surface area contributed by atoms with Gasteiger partial charge in [0.2, 0.25) is 0 Å². The molecule has 4 rings (SSSR count). The van der Waals surface area contributed by atoms with Crippen LogP contribution in [0.3, 0.4) is 0 Å². The van der Waals surface area contributed by atoms with Crippen molar-refractivity contribution in [3.05, 3.63) is 71.8 Å². The molecule has 1 aromatic carbocycles. The van der Waals surface area contributed by atoms with Crippen molar-refractivity contribution >= 4 is 0 Å². The number of aromatic nitrogens is 3. The second kappa shape index (κ2) is 7.50. The van der Waals surface area contributed by atoms with Gasteiger partial charge in [0.05, 0.1) is 24.6 Å². The molecule has 3 N–H and O–H groups in total. The summed E-state index contributed by atoms with van der Waals surface area (Å²) >= 11 is 0. The molecule has 152 valence electrons. The lowest BCUT2D eigenvalue weighted by atomic mass is 10.0. The summed E-state index contributed by atoms with van der Waals surface area (Å²) < 4.78 is 68.6. The highest BCUT2D eigenvalue weighted by molar-refractivity contribution is 5.54. The van der Waals surface area contributed by atoms with Gasteiger partial charge in [0, 0.05) is 18.0 Å². The van der Waals surface area contributed by atoms with Crippen LogP contribution in [-0.2, 0) is 6.54 Å². The number of pyridine rings is 1. The third kappa shape index (κ3) is 3.97. The predicted octanol–water partition coefficient (Wildman–Crippen LogP) is 2.86. The zero-order valence-corrected chi connectivity index (χ0v) is 14.7. The molecule has 1 aliphatic heterocycles. The second-order valence-corrected chi connectivity index (χ2v) is 6.52. The maximum Gasteiger partial charge on any atom is 0.407 e. The summed E-state index contributed by atoms with van der Waals surface area (Å²) in [4.78, 5) is 8.31. The van der Waals surface area contributed by atoms with Crippen LogP contribution in [0.15, 0.2) is 49.1 Å². The number of hydrogen-bond acceptors (Lipinski definition) is 5. The Kier molecular flexibility index (Phi) is 5.03. The molecule has 1 saturated heterocycles. The lowest BCUT2D eigenvalue weighted by Gasteiger charge is -2.21. The van der Waals surface area contributed by atoms with Crippen molar-refractivity contribution in [2.24, 2.45) is 0 Å². The zero-order chi connectivity index (χ0) is 20.6. The number of alkyl halides is 3. The molecule has 3 aromatic rings. The highest BCUT2D eigenvalue weighted by Crippen LogP contribution is 2.32. The SMILES string of the molecule is Fc1cccc(F)c1Cn1cnc(-c2cc(C3NNNC3C(F)(F)F)ccn2)c1. The van der Waals surface area contributed by atoms with Gasteiger partial charge in [-0.25, -0.2) is 24.6 Å². The van der Waals surface area contributed by atoms with Crippen LogP contribution in [0.1, 0.15) is 17.2 Å². The van der Waals surface area contributed by atoms with Crippen molar-refractivity contribution in [3.63, 3.8) is 0 Å². The number of imidazole rings is 1. The van der Waals surface area contributed by atoms with E-state index >= 15 is 0 Å². The molecule has 0 radical (unpaired) electrons. The first-order chi connectivity index (χ1) is 13.8. The van der Waals surface area contributed by atoms with E-state index in [9.17, 15) is 22.0 Å². The Morgan fingerprint density at radius 1 is 1.00 bits per heavy atom. The quantitative estimate of drug-likeness (QED) is 0.578. The monoisotopic (exact) mass is 410 g/mol. The largest absolute Gasteiger partial charge is 0.407 e. The molecule has 0 bridgehead atoms. The van der Waals surface area contributed by atoms with Crippen LogP contribution in [0.5, 0.6) is 0 Å². The van der Waals surface area contributed by atoms with E-state index in [1.165, 1.54) is 41.5 Å². The molecule has 29 heavy (non-hydrogen) atoms. The molecule has 1 fully saturated rings. The Hall–Kier alpha value is -2.89. The number of rotatable bonds is 4. The average molecular weight is 410 g/mol. The molecule has 0 aliphatic carbocycles. The van der Waals surface area contributed by atoms with E-state index in [-0.39, 0.29) is 12.1 Å². The molecule has 2 unspecified atom stereocenters. The highest BCUT2D eigenvalue weighted by Gasteiger charge is 2.48. The lowest BCUT2D eigenvalue weighted by molar-refractivity contribution is -0.156. The van der Waals surface area contributed by atoms with Gasteiger partial charge in [0.1, 0.15) is 23.4 Å². The molecule has 0 amide bonds. The summed E-state index contributed by atoms with van der Waals surface area (Å²) in [5, 5.41) is 0. The Morgan fingerprint density at radius 2 is 1.76 bits per heavy atom. The minimum absolute atomic E-state index is 0.0840. The maximum absolute atomic E-state index is 13.8. The number of hydrogen-bond donors (Lipinski definition) is 3. The molecular formula is C18H15F5N6. The van der Waals surface area contributed by atoms with E-state index in [1.54, 1.807) is 0 Å². The van der Waals surface area contributed by atoms with Gasteiger partial charge in [-0.05, 0) is 29.8 Å². The van der Waals surface area contributed by atoms with Gasteiger partial charge in [-0.1, -0.05) is 6.07 Å². The average Bonchev–Trinajstić information content (AvgIpc) is 3.34. The van der Waals surface area contributed by atoms with E-state index in [2.05, 4.69) is 26.4 Å². The van der Waals surface area contributed by atoms with Gasteiger partial charge in [-0.15, -0.1) is 0 Å². The van der Waals surface area contributed by atoms with Crippen LogP contribution in [0.4, 0.5) is 22.0 Å². The minimum atomic E-state index is -4.46. The minimum Gasteiger partial charge on any atom is -0.332 e. The summed E-state index contributed by atoms with van der Waals surface area (Å²) in [6, 6.07) is 3.68. The summed E-state index contributed by atoms with van der Waals surface area (Å²) in [6.07, 6.45) is -0.174. The smallest absolute Gasteiger partial charge is 0.332 e. The first kappa shape index (κ1) is 19.4. The fourth-order valence-corrected chi connectivity index (χ4v) is 3.14. The van der Waals surface area contributed by atoms with Crippen molar-refractivity contribution in [2.45, 2.75) is 24.8 Å². The van der Waals surface area contributed by atoms with Crippen LogP contribution in [0.25, 0.3) is 11.4 Å². The summed E-state index contributed by atoms with van der Waals surface area (Å²) in [6.45, 7) is -0.0840. The van der Waals surface area contributed by atoms with Gasteiger partial charge in [0.25, 0.3) is 0 Å². The van der Waals surface area contributed by atoms with Crippen molar-refractivity contribution in [2.75, 3.05) is 0 Å². The van der Waals surface area contributed by atoms with Crippen LogP contribution in [0, 0.1) is 11.6 Å². The van der Waals surface area contributed by atoms with Gasteiger partial charge in [-0.2, -0.15) is 18.7 Å². The standard InChI is InChI=1S/C18H15F5N6/c19-12-2-1-3-13(20)11(12)7-29-8-15(25-9-29)14-6-10(4-5-24-14)16-17(18(21,22)23)27-28-26-16/h1-6,8-9,16-17,26-28H,7H2. The molecule has 11 heteroatoms. The molecule has 2 atom stereocenters. The van der Waals surface area contributed by atoms with Gasteiger partial charge >= 0.3 is 6.18 Å². The van der Waals surface area contributed by atoms with Crippen molar-refractivity contribution in [3.8, 4) is 11.4 Å². The van der Waals surface area contributed by atoms with Crippen molar-refractivity contribution in [1.82, 2.24) is 30.9 Å². The van der Waals surface area contributed by atoms with Crippen LogP contribution in [0.2, 0.25) is 0 Å². The van der Waals surface area contributed by atoms with E-state index in [1.807, 2.05) is 0 Å². The molecule has 6 nitrogen and oxygen atoms in total. The Balaban J connectivity index is 1.58. The van der Waals surface area contributed by atoms with E-state index < -0.39 is 29.9 Å². The van der Waals surface area contributed by atoms with Gasteiger partial charge < -0.3 is 4.57 Å². The normalized spacial score (nSPS) is 19.6. The van der Waals surface area contributed by atoms with E-state index in [4.69, 9.17) is 0 Å². The van der Waals surface area contributed by atoms with E-state index in [0.29, 0.717) is 17.0 Å². The highest BCUT2D eigenvalue weighted by atomic mass is 19.4. The van der Waals surface area contributed by atoms with Crippen LogP contribution in [-0.4, -0.2) is 26.8 Å². The zero-order valence-electron chi connectivity index (χ0n) is 14.7. The summed E-state index contributed by atoms with van der Waals surface area (Å²) in [7, 11) is 0. The first-order valence-corrected chi connectivity index (χ1v) is 8.56. The van der Waals surface area contributed by atoms with Crippen LogP contribution >= 0.6 is 0 Å². The topological polar surface area (TPSA) is 66.8 Å². The van der Waals surface area contributed by atoms with E-state index in [0.717, 1.165) is 12.1 Å². The summed E-state index contributed by atoms with van der Waals surface area (Å²) in [5.41, 5.74) is 7.93. The second-order valence-electron chi connectivity index (χ2n) is 6.52. The lowest BCUT2D eigenvalue weighted by Crippen LogP contribution is -2.43. The fraction of sp³-hybridized carbons (Fsp3) is 0.222. The van der Waals surface area contributed by atoms with Gasteiger partial charge in [-0.3, -0.25) is 4.98 Å². The maximum atomic E-state index is 13.8. The molecule has 0 saturated carbocycles. The van der Waals surface area contributed by atoms with Crippen molar-refractivity contribution in [1.29, 1.82) is 0 Å². The van der Waals surface area contributed by atoms with Crippen molar-refractivity contribution < 1.29 is 22.0 Å².